The Balaban J connectivity index is 1.79. The molecule has 0 bridgehead atoms. The highest BCUT2D eigenvalue weighted by atomic mass is 16.4. The maximum Gasteiger partial charge on any atom is 0.320 e. The third-order valence-electron chi connectivity index (χ3n) is 4.60. The first-order chi connectivity index (χ1) is 9.87. The van der Waals surface area contributed by atoms with Crippen LogP contribution >= 0.6 is 0 Å². The van der Waals surface area contributed by atoms with Crippen LogP contribution < -0.4 is 0 Å². The first-order valence-electron chi connectivity index (χ1n) is 7.85. The Morgan fingerprint density at radius 3 is 2.43 bits per heavy atom. The van der Waals surface area contributed by atoms with Crippen LogP contribution in [-0.2, 0) is 4.79 Å². The number of hydrogen-bond donors (Lipinski definition) is 2. The summed E-state index contributed by atoms with van der Waals surface area (Å²) in [6.07, 6.45) is 4.26. The number of likely N-dealkylation sites (tertiary alicyclic amines) is 2. The molecule has 2 N–H and O–H groups in total. The Bertz CT molecular complexity index is 389. The quantitative estimate of drug-likeness (QED) is 0.828. The minimum absolute atomic E-state index is 0.0201. The van der Waals surface area contributed by atoms with Gasteiger partial charge in [-0.15, -0.1) is 0 Å². The number of hydrogen-bond acceptors (Lipinski definition) is 3. The largest absolute Gasteiger partial charge is 0.481 e. The molecule has 120 valence electrons. The molecule has 2 fully saturated rings. The molecule has 0 spiro atoms. The van der Waals surface area contributed by atoms with Crippen LogP contribution in [0.3, 0.4) is 0 Å². The molecule has 2 aliphatic rings. The standard InChI is InChI=1S/C15H26N2O4/c1-15(21)7-2-8-17(11-15)14(20)16-9-5-12(6-10-16)3-4-13(18)19/h12,21H,2-11H2,1H3,(H,18,19). The van der Waals surface area contributed by atoms with Gasteiger partial charge in [0.2, 0.25) is 0 Å². The third kappa shape index (κ3) is 4.59. The molecular weight excluding hydrogens is 272 g/mol. The van der Waals surface area contributed by atoms with Crippen LogP contribution in [0.4, 0.5) is 4.79 Å². The van der Waals surface area contributed by atoms with Gasteiger partial charge in [-0.1, -0.05) is 0 Å². The van der Waals surface area contributed by atoms with E-state index in [2.05, 4.69) is 0 Å². The molecule has 2 rings (SSSR count). The van der Waals surface area contributed by atoms with Gasteiger partial charge in [-0.05, 0) is 44.9 Å². The summed E-state index contributed by atoms with van der Waals surface area (Å²) in [6, 6.07) is 0.0201. The molecule has 0 aromatic rings. The van der Waals surface area contributed by atoms with E-state index in [0.29, 0.717) is 38.5 Å². The molecule has 2 heterocycles. The molecule has 0 aliphatic carbocycles. The molecular formula is C15H26N2O4. The monoisotopic (exact) mass is 298 g/mol. The Morgan fingerprint density at radius 2 is 1.86 bits per heavy atom. The fourth-order valence-corrected chi connectivity index (χ4v) is 3.32. The van der Waals surface area contributed by atoms with Gasteiger partial charge in [-0.25, -0.2) is 4.79 Å². The average molecular weight is 298 g/mol. The number of rotatable bonds is 3. The van der Waals surface area contributed by atoms with Gasteiger partial charge in [-0.2, -0.15) is 0 Å². The van der Waals surface area contributed by atoms with Gasteiger partial charge >= 0.3 is 12.0 Å². The lowest BCUT2D eigenvalue weighted by Gasteiger charge is -2.41. The van der Waals surface area contributed by atoms with Crippen molar-refractivity contribution in [1.82, 2.24) is 9.80 Å². The number of amides is 2. The number of carboxylic acid groups (broad SMARTS) is 1. The predicted molar refractivity (Wildman–Crippen MR) is 78.0 cm³/mol. The third-order valence-corrected chi connectivity index (χ3v) is 4.60. The van der Waals surface area contributed by atoms with Crippen molar-refractivity contribution in [2.24, 2.45) is 5.92 Å². The van der Waals surface area contributed by atoms with E-state index < -0.39 is 11.6 Å². The number of carbonyl (C=O) groups is 2. The van der Waals surface area contributed by atoms with Crippen LogP contribution in [0, 0.1) is 5.92 Å². The van der Waals surface area contributed by atoms with E-state index in [9.17, 15) is 14.7 Å². The molecule has 0 radical (unpaired) electrons. The smallest absolute Gasteiger partial charge is 0.320 e. The molecule has 2 amide bonds. The Morgan fingerprint density at radius 1 is 1.19 bits per heavy atom. The molecule has 1 atom stereocenters. The van der Waals surface area contributed by atoms with Crippen LogP contribution in [0.1, 0.15) is 45.4 Å². The van der Waals surface area contributed by atoms with Crippen LogP contribution in [0.25, 0.3) is 0 Å². The van der Waals surface area contributed by atoms with Gasteiger partial charge in [0.1, 0.15) is 0 Å². The van der Waals surface area contributed by atoms with Crippen molar-refractivity contribution in [2.75, 3.05) is 26.2 Å². The number of aliphatic hydroxyl groups is 1. The van der Waals surface area contributed by atoms with Crippen molar-refractivity contribution in [3.05, 3.63) is 0 Å². The maximum atomic E-state index is 12.5. The summed E-state index contributed by atoms with van der Waals surface area (Å²) in [6.45, 7) is 4.30. The van der Waals surface area contributed by atoms with E-state index in [1.807, 2.05) is 4.90 Å². The molecule has 6 nitrogen and oxygen atoms in total. The lowest BCUT2D eigenvalue weighted by atomic mass is 9.92. The second kappa shape index (κ2) is 6.64. The first kappa shape index (κ1) is 16.1. The molecule has 0 aromatic heterocycles. The number of nitrogens with zero attached hydrogens (tertiary/aromatic N) is 2. The number of piperidine rings is 2. The van der Waals surface area contributed by atoms with Gasteiger partial charge in [0, 0.05) is 26.1 Å². The zero-order chi connectivity index (χ0) is 15.5. The van der Waals surface area contributed by atoms with Crippen LogP contribution in [0.5, 0.6) is 0 Å². The minimum atomic E-state index is -0.770. The normalized spacial score (nSPS) is 27.7. The summed E-state index contributed by atoms with van der Waals surface area (Å²) in [7, 11) is 0. The van der Waals surface area contributed by atoms with Crippen LogP contribution in [0.2, 0.25) is 0 Å². The second-order valence-electron chi connectivity index (χ2n) is 6.67. The summed E-state index contributed by atoms with van der Waals surface area (Å²) in [5.41, 5.74) is -0.770. The summed E-state index contributed by atoms with van der Waals surface area (Å²) in [4.78, 5) is 26.6. The topological polar surface area (TPSA) is 81.1 Å². The SMILES string of the molecule is CC1(O)CCCN(C(=O)N2CCC(CCC(=O)O)CC2)C1. The highest BCUT2D eigenvalue weighted by Crippen LogP contribution is 2.25. The molecule has 2 saturated heterocycles. The Hall–Kier alpha value is -1.30. The maximum absolute atomic E-state index is 12.5. The highest BCUT2D eigenvalue weighted by Gasteiger charge is 2.34. The molecule has 6 heteroatoms. The fraction of sp³-hybridized carbons (Fsp3) is 0.867. The number of aliphatic carboxylic acids is 1. The minimum Gasteiger partial charge on any atom is -0.481 e. The second-order valence-corrected chi connectivity index (χ2v) is 6.67. The lowest BCUT2D eigenvalue weighted by molar-refractivity contribution is -0.137. The summed E-state index contributed by atoms with van der Waals surface area (Å²) < 4.78 is 0. The van der Waals surface area contributed by atoms with E-state index in [1.165, 1.54) is 0 Å². The van der Waals surface area contributed by atoms with E-state index in [-0.39, 0.29) is 12.5 Å². The zero-order valence-electron chi connectivity index (χ0n) is 12.8. The Labute approximate surface area is 125 Å². The van der Waals surface area contributed by atoms with Crippen LogP contribution in [-0.4, -0.2) is 63.8 Å². The Kier molecular flexibility index (Phi) is 5.08. The zero-order valence-corrected chi connectivity index (χ0v) is 12.8. The number of β-amino-alcohol motifs (C(OH)–C–C–N with tert-alkyl or cyclic N) is 1. The van der Waals surface area contributed by atoms with Gasteiger partial charge in [0.05, 0.1) is 12.1 Å². The van der Waals surface area contributed by atoms with Crippen molar-refractivity contribution in [3.63, 3.8) is 0 Å². The molecule has 1 unspecified atom stereocenters. The van der Waals surface area contributed by atoms with Gasteiger partial charge in [0.25, 0.3) is 0 Å². The highest BCUT2D eigenvalue weighted by molar-refractivity contribution is 5.74. The molecule has 21 heavy (non-hydrogen) atoms. The lowest BCUT2D eigenvalue weighted by Crippen LogP contribution is -2.54. The van der Waals surface area contributed by atoms with E-state index >= 15 is 0 Å². The number of carbonyl (C=O) groups excluding carboxylic acids is 1. The average Bonchev–Trinajstić information content (AvgIpc) is 2.44. The van der Waals surface area contributed by atoms with Crippen molar-refractivity contribution in [2.45, 2.75) is 51.0 Å². The van der Waals surface area contributed by atoms with Gasteiger partial charge in [-0.3, -0.25) is 4.79 Å². The van der Waals surface area contributed by atoms with Gasteiger partial charge in [0.15, 0.2) is 0 Å². The van der Waals surface area contributed by atoms with E-state index in [0.717, 1.165) is 25.7 Å². The van der Waals surface area contributed by atoms with Crippen molar-refractivity contribution in [3.8, 4) is 0 Å². The van der Waals surface area contributed by atoms with Crippen LogP contribution in [0.15, 0.2) is 0 Å². The molecule has 0 aromatic carbocycles. The van der Waals surface area contributed by atoms with Gasteiger partial charge < -0.3 is 20.0 Å². The summed E-state index contributed by atoms with van der Waals surface area (Å²) >= 11 is 0. The first-order valence-corrected chi connectivity index (χ1v) is 7.85. The van der Waals surface area contributed by atoms with Crippen molar-refractivity contribution >= 4 is 12.0 Å². The van der Waals surface area contributed by atoms with E-state index in [1.54, 1.807) is 11.8 Å². The predicted octanol–water partition coefficient (Wildman–Crippen LogP) is 1.53. The van der Waals surface area contributed by atoms with E-state index in [4.69, 9.17) is 5.11 Å². The molecule has 0 saturated carbocycles. The van der Waals surface area contributed by atoms with Crippen molar-refractivity contribution < 1.29 is 19.8 Å². The fourth-order valence-electron chi connectivity index (χ4n) is 3.32. The number of carboxylic acids is 1. The number of urea groups is 1. The van der Waals surface area contributed by atoms with Crippen molar-refractivity contribution in [1.29, 1.82) is 0 Å². The summed E-state index contributed by atoms with van der Waals surface area (Å²) in [5, 5.41) is 18.8. The summed E-state index contributed by atoms with van der Waals surface area (Å²) in [5.74, 6) is -0.335. The molecule has 2 aliphatic heterocycles.